The first-order valence-electron chi connectivity index (χ1n) is 3.15. The monoisotopic (exact) mass is 193 g/mol. The van der Waals surface area contributed by atoms with Gasteiger partial charge in [-0.05, 0) is 0 Å². The Balaban J connectivity index is 3.35. The van der Waals surface area contributed by atoms with Gasteiger partial charge in [0.05, 0.1) is 11.8 Å². The molecule has 0 aliphatic rings. The van der Waals surface area contributed by atoms with Crippen LogP contribution >= 0.6 is 0 Å². The Morgan fingerprint density at radius 1 is 1.38 bits per heavy atom. The van der Waals surface area contributed by atoms with Gasteiger partial charge in [-0.2, -0.15) is 0 Å². The SMILES string of the molecule is O=Cc1c(F)cnc(C(F)F)c1F. The lowest BCUT2D eigenvalue weighted by atomic mass is 10.2. The first kappa shape index (κ1) is 9.63. The van der Waals surface area contributed by atoms with Crippen molar-refractivity contribution in [2.75, 3.05) is 0 Å². The van der Waals surface area contributed by atoms with Crippen molar-refractivity contribution < 1.29 is 22.4 Å². The van der Waals surface area contributed by atoms with Crippen molar-refractivity contribution in [3.8, 4) is 0 Å². The van der Waals surface area contributed by atoms with Gasteiger partial charge in [0.25, 0.3) is 6.43 Å². The number of carbonyl (C=O) groups is 1. The van der Waals surface area contributed by atoms with E-state index in [0.717, 1.165) is 0 Å². The zero-order valence-corrected chi connectivity index (χ0v) is 6.10. The quantitative estimate of drug-likeness (QED) is 0.531. The molecule has 0 bridgehead atoms. The van der Waals surface area contributed by atoms with Crippen molar-refractivity contribution in [1.82, 2.24) is 4.98 Å². The van der Waals surface area contributed by atoms with E-state index in [1.54, 1.807) is 0 Å². The number of aromatic nitrogens is 1. The van der Waals surface area contributed by atoms with Gasteiger partial charge in [0, 0.05) is 0 Å². The van der Waals surface area contributed by atoms with E-state index >= 15 is 0 Å². The Morgan fingerprint density at radius 2 is 2.00 bits per heavy atom. The van der Waals surface area contributed by atoms with Crippen molar-refractivity contribution in [3.63, 3.8) is 0 Å². The number of nitrogens with zero attached hydrogens (tertiary/aromatic N) is 1. The topological polar surface area (TPSA) is 30.0 Å². The molecule has 0 saturated heterocycles. The Morgan fingerprint density at radius 3 is 2.46 bits per heavy atom. The second kappa shape index (κ2) is 3.51. The molecule has 70 valence electrons. The molecule has 1 heterocycles. The van der Waals surface area contributed by atoms with E-state index in [9.17, 15) is 22.4 Å². The molecule has 0 spiro atoms. The molecule has 13 heavy (non-hydrogen) atoms. The van der Waals surface area contributed by atoms with Gasteiger partial charge in [0.1, 0.15) is 5.69 Å². The van der Waals surface area contributed by atoms with E-state index in [1.807, 2.05) is 0 Å². The summed E-state index contributed by atoms with van der Waals surface area (Å²) in [5.74, 6) is -2.86. The second-order valence-electron chi connectivity index (χ2n) is 2.14. The Bertz CT molecular complexity index is 340. The molecule has 0 saturated carbocycles. The van der Waals surface area contributed by atoms with Crippen LogP contribution in [-0.4, -0.2) is 11.3 Å². The zero-order valence-electron chi connectivity index (χ0n) is 6.10. The van der Waals surface area contributed by atoms with Crippen LogP contribution in [0, 0.1) is 11.6 Å². The highest BCUT2D eigenvalue weighted by Gasteiger charge is 2.20. The van der Waals surface area contributed by atoms with Crippen LogP contribution in [0.2, 0.25) is 0 Å². The molecule has 0 unspecified atom stereocenters. The van der Waals surface area contributed by atoms with Crippen molar-refractivity contribution in [3.05, 3.63) is 29.1 Å². The Hall–Kier alpha value is -1.46. The predicted octanol–water partition coefficient (Wildman–Crippen LogP) is 2.11. The summed E-state index contributed by atoms with van der Waals surface area (Å²) in [6.45, 7) is 0. The molecule has 0 N–H and O–H groups in total. The average Bonchev–Trinajstić information content (AvgIpc) is 2.04. The maximum atomic E-state index is 12.8. The van der Waals surface area contributed by atoms with Crippen molar-refractivity contribution in [2.24, 2.45) is 0 Å². The van der Waals surface area contributed by atoms with Crippen LogP contribution in [-0.2, 0) is 0 Å². The smallest absolute Gasteiger partial charge is 0.283 e. The van der Waals surface area contributed by atoms with Crippen molar-refractivity contribution in [1.29, 1.82) is 0 Å². The summed E-state index contributed by atoms with van der Waals surface area (Å²) in [7, 11) is 0. The first-order valence-corrected chi connectivity index (χ1v) is 3.15. The minimum atomic E-state index is -3.17. The minimum absolute atomic E-state index is 0.168. The fourth-order valence-corrected chi connectivity index (χ4v) is 0.755. The lowest BCUT2D eigenvalue weighted by Crippen LogP contribution is -2.03. The highest BCUT2D eigenvalue weighted by Crippen LogP contribution is 2.22. The van der Waals surface area contributed by atoms with Crippen LogP contribution in [0.3, 0.4) is 0 Å². The lowest BCUT2D eigenvalue weighted by molar-refractivity contribution is 0.111. The van der Waals surface area contributed by atoms with E-state index in [0.29, 0.717) is 6.20 Å². The number of hydrogen-bond donors (Lipinski definition) is 0. The molecule has 1 aromatic rings. The third kappa shape index (κ3) is 1.66. The van der Waals surface area contributed by atoms with E-state index in [-0.39, 0.29) is 6.29 Å². The number of rotatable bonds is 2. The highest BCUT2D eigenvalue weighted by molar-refractivity contribution is 5.75. The Kier molecular flexibility index (Phi) is 2.60. The van der Waals surface area contributed by atoms with Crippen LogP contribution in [0.25, 0.3) is 0 Å². The maximum Gasteiger partial charge on any atom is 0.283 e. The number of halogens is 4. The molecule has 0 radical (unpaired) electrons. The number of aldehydes is 1. The summed E-state index contributed by atoms with van der Waals surface area (Å²) < 4.78 is 49.2. The number of pyridine rings is 1. The molecule has 6 heteroatoms. The summed E-state index contributed by atoms with van der Waals surface area (Å²) in [6.07, 6.45) is -2.95. The van der Waals surface area contributed by atoms with Gasteiger partial charge in [-0.25, -0.2) is 22.5 Å². The summed E-state index contributed by atoms with van der Waals surface area (Å²) in [5.41, 5.74) is -2.24. The molecule has 0 aliphatic carbocycles. The zero-order chi connectivity index (χ0) is 10.0. The molecule has 1 rings (SSSR count). The lowest BCUT2D eigenvalue weighted by Gasteiger charge is -2.02. The van der Waals surface area contributed by atoms with Gasteiger partial charge >= 0.3 is 0 Å². The van der Waals surface area contributed by atoms with Gasteiger partial charge in [0.2, 0.25) is 0 Å². The summed E-state index contributed by atoms with van der Waals surface area (Å²) in [5, 5.41) is 0. The number of alkyl halides is 2. The van der Waals surface area contributed by atoms with E-state index in [2.05, 4.69) is 4.98 Å². The van der Waals surface area contributed by atoms with Gasteiger partial charge in [0.15, 0.2) is 17.9 Å². The Labute approximate surface area is 70.2 Å². The summed E-state index contributed by atoms with van der Waals surface area (Å²) in [6, 6.07) is 0. The summed E-state index contributed by atoms with van der Waals surface area (Å²) >= 11 is 0. The summed E-state index contributed by atoms with van der Waals surface area (Å²) in [4.78, 5) is 12.9. The maximum absolute atomic E-state index is 12.8. The molecule has 2 nitrogen and oxygen atoms in total. The molecule has 0 fully saturated rings. The third-order valence-corrected chi connectivity index (χ3v) is 1.36. The van der Waals surface area contributed by atoms with Crippen LogP contribution in [0.1, 0.15) is 22.5 Å². The number of hydrogen-bond acceptors (Lipinski definition) is 2. The average molecular weight is 193 g/mol. The van der Waals surface area contributed by atoms with Crippen LogP contribution in [0.15, 0.2) is 6.20 Å². The third-order valence-electron chi connectivity index (χ3n) is 1.36. The van der Waals surface area contributed by atoms with E-state index in [4.69, 9.17) is 0 Å². The highest BCUT2D eigenvalue weighted by atomic mass is 19.3. The normalized spacial score (nSPS) is 10.5. The first-order chi connectivity index (χ1) is 6.07. The fourth-order valence-electron chi connectivity index (χ4n) is 0.755. The van der Waals surface area contributed by atoms with Gasteiger partial charge in [-0.3, -0.25) is 4.79 Å². The van der Waals surface area contributed by atoms with E-state index < -0.39 is 29.3 Å². The predicted molar refractivity (Wildman–Crippen MR) is 34.5 cm³/mol. The molecular formula is C7H3F4NO. The molecular weight excluding hydrogens is 190 g/mol. The standard InChI is InChI=1S/C7H3F4NO/c8-4-1-12-6(7(10)11)5(9)3(4)2-13/h1-2,7H. The largest absolute Gasteiger partial charge is 0.298 e. The van der Waals surface area contributed by atoms with Crippen LogP contribution in [0.4, 0.5) is 17.6 Å². The van der Waals surface area contributed by atoms with Crippen LogP contribution in [0.5, 0.6) is 0 Å². The molecule has 0 aromatic carbocycles. The molecule has 0 aliphatic heterocycles. The molecule has 1 aromatic heterocycles. The van der Waals surface area contributed by atoms with Crippen LogP contribution < -0.4 is 0 Å². The van der Waals surface area contributed by atoms with Gasteiger partial charge < -0.3 is 0 Å². The van der Waals surface area contributed by atoms with E-state index in [1.165, 1.54) is 0 Å². The number of carbonyl (C=O) groups excluding carboxylic acids is 1. The van der Waals surface area contributed by atoms with Gasteiger partial charge in [-0.15, -0.1) is 0 Å². The van der Waals surface area contributed by atoms with Gasteiger partial charge in [-0.1, -0.05) is 0 Å². The van der Waals surface area contributed by atoms with Crippen molar-refractivity contribution >= 4 is 6.29 Å². The molecule has 0 atom stereocenters. The molecule has 0 amide bonds. The fraction of sp³-hybridized carbons (Fsp3) is 0.143. The van der Waals surface area contributed by atoms with Crippen molar-refractivity contribution in [2.45, 2.75) is 6.43 Å². The second-order valence-corrected chi connectivity index (χ2v) is 2.14. The minimum Gasteiger partial charge on any atom is -0.298 e.